The molecule has 28 heavy (non-hydrogen) atoms. The number of aromatic nitrogens is 4. The van der Waals surface area contributed by atoms with Crippen molar-refractivity contribution in [1.82, 2.24) is 20.8 Å². The number of tetrazole rings is 1. The molecule has 1 aromatic heterocycles. The lowest BCUT2D eigenvalue weighted by atomic mass is 10.1. The monoisotopic (exact) mass is 421 g/mol. The number of aryl methyl sites for hydroxylation is 1. The van der Waals surface area contributed by atoms with E-state index in [9.17, 15) is 22.8 Å². The van der Waals surface area contributed by atoms with E-state index in [0.717, 1.165) is 12.1 Å². The van der Waals surface area contributed by atoms with Gasteiger partial charge < -0.3 is 10.1 Å². The lowest BCUT2D eigenvalue weighted by Crippen LogP contribution is -2.35. The highest BCUT2D eigenvalue weighted by molar-refractivity contribution is 6.35. The minimum atomic E-state index is -4.97. The molecule has 0 aliphatic rings. The number of halogens is 4. The Labute approximate surface area is 162 Å². The van der Waals surface area contributed by atoms with Gasteiger partial charge in [-0.05, 0) is 18.6 Å². The molecule has 9 nitrogen and oxygen atoms in total. The molecule has 2 amide bonds. The fourth-order valence-electron chi connectivity index (χ4n) is 2.20. The molecule has 3 N–H and O–H groups in total. The second-order valence-corrected chi connectivity index (χ2v) is 5.99. The Morgan fingerprint density at radius 1 is 1.36 bits per heavy atom. The van der Waals surface area contributed by atoms with E-state index >= 15 is 0 Å². The van der Waals surface area contributed by atoms with Crippen molar-refractivity contribution in [1.29, 1.82) is 0 Å². The van der Waals surface area contributed by atoms with Crippen molar-refractivity contribution in [3.63, 3.8) is 0 Å². The molecular formula is C15H17ClF3N6O3+. The number of hydrogen-bond donors (Lipinski definition) is 3. The summed E-state index contributed by atoms with van der Waals surface area (Å²) in [5.74, 6) is -1.65. The molecule has 0 fully saturated rings. The topological polar surface area (TPSA) is 113 Å². The van der Waals surface area contributed by atoms with Gasteiger partial charge in [-0.15, -0.1) is 18.4 Å². The number of nitrogens with one attached hydrogen (secondary N) is 3. The molecule has 0 aliphatic heterocycles. The van der Waals surface area contributed by atoms with Gasteiger partial charge in [-0.1, -0.05) is 18.5 Å². The summed E-state index contributed by atoms with van der Waals surface area (Å²) >= 11 is 6.17. The van der Waals surface area contributed by atoms with Gasteiger partial charge >= 0.3 is 18.2 Å². The van der Waals surface area contributed by atoms with Gasteiger partial charge in [-0.25, -0.2) is 5.32 Å². The van der Waals surface area contributed by atoms with Crippen LogP contribution in [0.15, 0.2) is 12.1 Å². The van der Waals surface area contributed by atoms with Gasteiger partial charge in [-0.2, -0.15) is 4.68 Å². The Kier molecular flexibility index (Phi) is 6.78. The summed E-state index contributed by atoms with van der Waals surface area (Å²) in [6, 6.07) is 2.04. The molecule has 0 atom stereocenters. The first kappa shape index (κ1) is 21.4. The summed E-state index contributed by atoms with van der Waals surface area (Å²) in [5, 5.41) is 14.1. The van der Waals surface area contributed by atoms with Crippen LogP contribution >= 0.6 is 11.6 Å². The summed E-state index contributed by atoms with van der Waals surface area (Å²) < 4.78 is 43.3. The number of ether oxygens (including phenoxy) is 1. The number of alkyl halides is 3. The van der Waals surface area contributed by atoms with Crippen LogP contribution in [-0.2, 0) is 18.4 Å². The fraction of sp³-hybridized carbons (Fsp3) is 0.400. The van der Waals surface area contributed by atoms with Crippen LogP contribution in [0.25, 0.3) is 0 Å². The zero-order chi connectivity index (χ0) is 20.9. The number of H-pyrrole nitrogens is 1. The lowest BCUT2D eigenvalue weighted by molar-refractivity contribution is -0.717. The Balaban J connectivity index is 2.34. The molecule has 0 spiro atoms. The average molecular weight is 422 g/mol. The van der Waals surface area contributed by atoms with E-state index in [0.29, 0.717) is 6.42 Å². The van der Waals surface area contributed by atoms with Crippen molar-refractivity contribution in [3.05, 3.63) is 28.3 Å². The highest BCUT2D eigenvalue weighted by Crippen LogP contribution is 2.33. The molecule has 0 aliphatic carbocycles. The van der Waals surface area contributed by atoms with Crippen molar-refractivity contribution in [2.45, 2.75) is 32.7 Å². The van der Waals surface area contributed by atoms with Crippen molar-refractivity contribution in [3.8, 4) is 5.75 Å². The summed E-state index contributed by atoms with van der Waals surface area (Å²) in [5.41, 5.74) is -0.306. The van der Waals surface area contributed by atoms with Gasteiger partial charge in [0, 0.05) is 18.5 Å². The zero-order valence-corrected chi connectivity index (χ0v) is 15.6. The summed E-state index contributed by atoms with van der Waals surface area (Å²) in [7, 11) is 1.53. The first-order chi connectivity index (χ1) is 13.1. The molecule has 0 radical (unpaired) electrons. The van der Waals surface area contributed by atoms with E-state index in [1.54, 1.807) is 6.92 Å². The van der Waals surface area contributed by atoms with Gasteiger partial charge in [0.25, 0.3) is 0 Å². The molecule has 0 bridgehead atoms. The minimum absolute atomic E-state index is 0.0643. The molecular weight excluding hydrogens is 405 g/mol. The van der Waals surface area contributed by atoms with Crippen LogP contribution in [0.2, 0.25) is 5.02 Å². The Bertz CT molecular complexity index is 871. The number of carbonyl (C=O) groups excluding carboxylic acids is 2. The van der Waals surface area contributed by atoms with Crippen LogP contribution in [-0.4, -0.2) is 33.7 Å². The van der Waals surface area contributed by atoms with Gasteiger partial charge in [0.1, 0.15) is 11.0 Å². The molecule has 13 heteroatoms. The van der Waals surface area contributed by atoms with Crippen molar-refractivity contribution in [2.75, 3.05) is 5.32 Å². The second-order valence-electron chi connectivity index (χ2n) is 5.62. The second kappa shape index (κ2) is 8.87. The third-order valence-corrected chi connectivity index (χ3v) is 3.92. The predicted octanol–water partition coefficient (Wildman–Crippen LogP) is 1.85. The van der Waals surface area contributed by atoms with Crippen molar-refractivity contribution >= 4 is 29.4 Å². The number of carbonyl (C=O) groups is 2. The molecule has 2 aromatic rings. The fourth-order valence-corrected chi connectivity index (χ4v) is 2.50. The Hall–Kier alpha value is -2.89. The number of benzene rings is 1. The van der Waals surface area contributed by atoms with E-state index in [4.69, 9.17) is 11.6 Å². The van der Waals surface area contributed by atoms with Crippen LogP contribution in [0.5, 0.6) is 5.75 Å². The normalized spacial score (nSPS) is 11.2. The maximum Gasteiger partial charge on any atom is 0.573 e. The first-order valence-corrected chi connectivity index (χ1v) is 8.42. The number of amides is 2. The lowest BCUT2D eigenvalue weighted by Gasteiger charge is -2.16. The van der Waals surface area contributed by atoms with Gasteiger partial charge in [0.05, 0.1) is 22.7 Å². The minimum Gasteiger partial charge on any atom is -0.405 e. The molecule has 0 unspecified atom stereocenters. The average Bonchev–Trinajstić information content (AvgIpc) is 2.98. The Morgan fingerprint density at radius 3 is 2.64 bits per heavy atom. The summed E-state index contributed by atoms with van der Waals surface area (Å²) in [6.07, 6.45) is -4.22. The quantitative estimate of drug-likeness (QED) is 0.590. The number of anilines is 1. The maximum atomic E-state index is 12.7. The predicted molar refractivity (Wildman–Crippen MR) is 90.4 cm³/mol. The molecule has 152 valence electrons. The van der Waals surface area contributed by atoms with Gasteiger partial charge in [0.2, 0.25) is 5.91 Å². The van der Waals surface area contributed by atoms with Crippen LogP contribution in [0.4, 0.5) is 19.1 Å². The molecule has 1 heterocycles. The summed E-state index contributed by atoms with van der Waals surface area (Å²) in [4.78, 5) is 24.1. The van der Waals surface area contributed by atoms with Crippen molar-refractivity contribution in [2.24, 2.45) is 7.05 Å². The molecule has 1 aromatic carbocycles. The van der Waals surface area contributed by atoms with E-state index < -0.39 is 18.0 Å². The highest BCUT2D eigenvalue weighted by Gasteiger charge is 2.33. The number of nitrogens with zero attached hydrogens (tertiary/aromatic N) is 3. The number of aromatic amines is 1. The Morgan fingerprint density at radius 2 is 2.07 bits per heavy atom. The maximum absolute atomic E-state index is 12.7. The van der Waals surface area contributed by atoms with E-state index in [1.165, 1.54) is 11.7 Å². The van der Waals surface area contributed by atoms with Crippen LogP contribution < -0.4 is 20.1 Å². The standard InChI is InChI=1S/C15H16ClF3N6O3/c1-3-4-11(26)20-7-9-10(28-15(17,18)19)6-5-8(12(9)16)13(27)21-14-22-23-24-25(14)2/h5-6H,3-4,7H2,1-2H3,(H2,20,21,22,24,26,27)/p+1. The summed E-state index contributed by atoms with van der Waals surface area (Å²) in [6.45, 7) is 1.43. The van der Waals surface area contributed by atoms with Crippen LogP contribution in [0.3, 0.4) is 0 Å². The van der Waals surface area contributed by atoms with E-state index in [-0.39, 0.29) is 41.0 Å². The largest absolute Gasteiger partial charge is 0.573 e. The van der Waals surface area contributed by atoms with Crippen LogP contribution in [0, 0.1) is 0 Å². The smallest absolute Gasteiger partial charge is 0.405 e. The number of hydrogen-bond acceptors (Lipinski definition) is 5. The highest BCUT2D eigenvalue weighted by atomic mass is 35.5. The SMILES string of the molecule is CCCC(=O)NCc1c(OC(F)(F)F)ccc(C(=O)Nc2nn[nH][n+]2C)c1Cl. The van der Waals surface area contributed by atoms with E-state index in [1.807, 2.05) is 0 Å². The molecule has 0 saturated heterocycles. The van der Waals surface area contributed by atoms with Crippen LogP contribution in [0.1, 0.15) is 35.7 Å². The third-order valence-electron chi connectivity index (χ3n) is 3.49. The number of rotatable bonds is 7. The van der Waals surface area contributed by atoms with Gasteiger partial charge in [0.15, 0.2) is 0 Å². The molecule has 0 saturated carbocycles. The zero-order valence-electron chi connectivity index (χ0n) is 14.9. The third kappa shape index (κ3) is 5.55. The first-order valence-electron chi connectivity index (χ1n) is 8.04. The molecule has 2 rings (SSSR count). The van der Waals surface area contributed by atoms with Crippen molar-refractivity contribution < 1.29 is 32.2 Å². The van der Waals surface area contributed by atoms with E-state index in [2.05, 4.69) is 30.9 Å². The van der Waals surface area contributed by atoms with Gasteiger partial charge in [-0.3, -0.25) is 9.59 Å².